The lowest BCUT2D eigenvalue weighted by molar-refractivity contribution is -0.138. The number of fused-ring (bicyclic) bond motifs is 1. The summed E-state index contributed by atoms with van der Waals surface area (Å²) in [6, 6.07) is 13.2. The van der Waals surface area contributed by atoms with Crippen molar-refractivity contribution in [2.24, 2.45) is 5.41 Å². The van der Waals surface area contributed by atoms with Gasteiger partial charge in [0.25, 0.3) is 0 Å². The van der Waals surface area contributed by atoms with Crippen LogP contribution in [0, 0.1) is 12.3 Å². The Bertz CT molecular complexity index is 1570. The summed E-state index contributed by atoms with van der Waals surface area (Å²) < 4.78 is 0. The number of para-hydroxylation sites is 1. The number of amides is 3. The lowest BCUT2D eigenvalue weighted by Gasteiger charge is -2.39. The van der Waals surface area contributed by atoms with Gasteiger partial charge in [0.2, 0.25) is 11.9 Å². The number of nitrogens with zero attached hydrogens (tertiary/aromatic N) is 7. The molecule has 3 aromatic rings. The number of carbonyl (C=O) groups is 2. The van der Waals surface area contributed by atoms with Crippen LogP contribution in [0.1, 0.15) is 38.3 Å². The number of carbonyl (C=O) groups excluding carboxylic acids is 2. The highest BCUT2D eigenvalue weighted by Crippen LogP contribution is 2.37. The SMILES string of the molecule is Cc1cc(Nc2ncc3c(n2)N([C@H]2CCN(C(=O)C(C)(C)C)C2)C(=O)N(c2ccccc2Cl)C3)ccc1N1CCN(C)CC1. The van der Waals surface area contributed by atoms with E-state index in [1.807, 2.05) is 43.9 Å². The molecular formula is C33H41ClN8O2. The van der Waals surface area contributed by atoms with Crippen molar-refractivity contribution in [2.45, 2.75) is 46.7 Å². The van der Waals surface area contributed by atoms with Gasteiger partial charge >= 0.3 is 6.03 Å². The molecule has 10 nitrogen and oxygen atoms in total. The molecule has 1 atom stereocenters. The van der Waals surface area contributed by atoms with Gasteiger partial charge in [0, 0.05) is 67.8 Å². The van der Waals surface area contributed by atoms with Crippen molar-refractivity contribution in [1.82, 2.24) is 19.8 Å². The van der Waals surface area contributed by atoms with Gasteiger partial charge in [-0.1, -0.05) is 44.5 Å². The Morgan fingerprint density at radius 3 is 2.48 bits per heavy atom. The van der Waals surface area contributed by atoms with E-state index in [2.05, 4.69) is 52.3 Å². The molecule has 0 aliphatic carbocycles. The van der Waals surface area contributed by atoms with E-state index in [-0.39, 0.29) is 18.0 Å². The van der Waals surface area contributed by atoms with E-state index >= 15 is 0 Å². The number of aromatic nitrogens is 2. The predicted molar refractivity (Wildman–Crippen MR) is 176 cm³/mol. The number of anilines is 5. The van der Waals surface area contributed by atoms with Crippen molar-refractivity contribution in [2.75, 3.05) is 66.3 Å². The summed E-state index contributed by atoms with van der Waals surface area (Å²) in [6.07, 6.45) is 2.44. The zero-order valence-electron chi connectivity index (χ0n) is 26.2. The highest BCUT2D eigenvalue weighted by atomic mass is 35.5. The Hall–Kier alpha value is -3.89. The van der Waals surface area contributed by atoms with E-state index in [0.717, 1.165) is 37.4 Å². The van der Waals surface area contributed by atoms with Crippen LogP contribution in [-0.4, -0.2) is 84.1 Å². The topological polar surface area (TPSA) is 88.1 Å². The van der Waals surface area contributed by atoms with Crippen molar-refractivity contribution in [1.29, 1.82) is 0 Å². The third-order valence-electron chi connectivity index (χ3n) is 8.73. The number of benzene rings is 2. The van der Waals surface area contributed by atoms with E-state index in [4.69, 9.17) is 16.6 Å². The van der Waals surface area contributed by atoms with Crippen LogP contribution in [0.25, 0.3) is 0 Å². The molecule has 3 aliphatic rings. The standard InChI is InChI=1S/C33H41ClN8O2/c1-22-18-24(10-11-27(22)39-16-14-38(5)15-17-39)36-31-35-19-23-20-41(28-9-7-6-8-26(28)34)32(44)42(29(23)37-31)25-12-13-40(21-25)30(43)33(2,3)4/h6-11,18-19,25H,12-17,20-21H2,1-5H3,(H,35,36,37)/t25-/m0/s1. The smallest absolute Gasteiger partial charge is 0.330 e. The lowest BCUT2D eigenvalue weighted by atomic mass is 9.95. The zero-order valence-corrected chi connectivity index (χ0v) is 26.9. The van der Waals surface area contributed by atoms with Gasteiger partial charge in [-0.3, -0.25) is 14.6 Å². The number of nitrogens with one attached hydrogen (secondary N) is 1. The molecule has 3 amide bonds. The van der Waals surface area contributed by atoms with Crippen LogP contribution < -0.4 is 20.0 Å². The van der Waals surface area contributed by atoms with Gasteiger partial charge in [0.1, 0.15) is 5.82 Å². The Morgan fingerprint density at radius 1 is 1.02 bits per heavy atom. The average Bonchev–Trinajstić information content (AvgIpc) is 3.47. The molecule has 6 rings (SSSR count). The maximum atomic E-state index is 14.2. The van der Waals surface area contributed by atoms with Gasteiger partial charge < -0.3 is 20.0 Å². The van der Waals surface area contributed by atoms with Gasteiger partial charge in [-0.2, -0.15) is 4.98 Å². The third-order valence-corrected chi connectivity index (χ3v) is 9.05. The number of urea groups is 1. The molecule has 1 N–H and O–H groups in total. The Morgan fingerprint density at radius 2 is 1.77 bits per heavy atom. The molecule has 0 radical (unpaired) electrons. The number of rotatable bonds is 5. The van der Waals surface area contributed by atoms with E-state index in [0.29, 0.717) is 48.5 Å². The molecule has 0 saturated carbocycles. The molecule has 2 aromatic carbocycles. The number of likely N-dealkylation sites (N-methyl/N-ethyl adjacent to an activating group) is 1. The summed E-state index contributed by atoms with van der Waals surface area (Å²) in [4.78, 5) is 47.0. The number of hydrogen-bond acceptors (Lipinski definition) is 7. The second-order valence-electron chi connectivity index (χ2n) is 13.1. The first-order chi connectivity index (χ1) is 21.0. The third kappa shape index (κ3) is 5.93. The van der Waals surface area contributed by atoms with Crippen LogP contribution in [0.3, 0.4) is 0 Å². The normalized spacial score (nSPS) is 19.4. The summed E-state index contributed by atoms with van der Waals surface area (Å²) >= 11 is 6.56. The number of halogens is 1. The molecule has 4 heterocycles. The summed E-state index contributed by atoms with van der Waals surface area (Å²) in [7, 11) is 2.16. The Labute approximate surface area is 264 Å². The van der Waals surface area contributed by atoms with Crippen LogP contribution >= 0.6 is 11.6 Å². The number of hydrogen-bond donors (Lipinski definition) is 1. The minimum absolute atomic E-state index is 0.0769. The summed E-state index contributed by atoms with van der Waals surface area (Å²) in [5, 5.41) is 3.87. The molecule has 11 heteroatoms. The molecule has 2 fully saturated rings. The van der Waals surface area contributed by atoms with Gasteiger partial charge in [-0.25, -0.2) is 9.78 Å². The second kappa shape index (κ2) is 11.9. The van der Waals surface area contributed by atoms with Gasteiger partial charge in [-0.15, -0.1) is 0 Å². The molecular weight excluding hydrogens is 576 g/mol. The van der Waals surface area contributed by atoms with Crippen LogP contribution in [0.2, 0.25) is 5.02 Å². The predicted octanol–water partition coefficient (Wildman–Crippen LogP) is 5.53. The highest BCUT2D eigenvalue weighted by molar-refractivity contribution is 6.34. The molecule has 2 saturated heterocycles. The van der Waals surface area contributed by atoms with Crippen molar-refractivity contribution < 1.29 is 9.59 Å². The summed E-state index contributed by atoms with van der Waals surface area (Å²) in [5.41, 5.74) is 4.25. The van der Waals surface area contributed by atoms with Crippen molar-refractivity contribution in [3.05, 3.63) is 64.8 Å². The van der Waals surface area contributed by atoms with E-state index in [1.54, 1.807) is 22.1 Å². The highest BCUT2D eigenvalue weighted by Gasteiger charge is 2.42. The molecule has 3 aliphatic heterocycles. The van der Waals surface area contributed by atoms with Crippen molar-refractivity contribution >= 4 is 52.4 Å². The fourth-order valence-electron chi connectivity index (χ4n) is 6.30. The Kier molecular flexibility index (Phi) is 8.15. The number of likely N-dealkylation sites (tertiary alicyclic amines) is 1. The lowest BCUT2D eigenvalue weighted by Crippen LogP contribution is -2.53. The first-order valence-electron chi connectivity index (χ1n) is 15.3. The van der Waals surface area contributed by atoms with Crippen LogP contribution in [0.15, 0.2) is 48.7 Å². The molecule has 232 valence electrons. The maximum Gasteiger partial charge on any atom is 0.330 e. The molecule has 0 unspecified atom stereocenters. The van der Waals surface area contributed by atoms with Crippen LogP contribution in [-0.2, 0) is 11.3 Å². The average molecular weight is 617 g/mol. The molecule has 44 heavy (non-hydrogen) atoms. The van der Waals surface area contributed by atoms with Crippen LogP contribution in [0.5, 0.6) is 0 Å². The van der Waals surface area contributed by atoms with Gasteiger partial charge in [-0.05, 0) is 56.3 Å². The first kappa shape index (κ1) is 30.1. The van der Waals surface area contributed by atoms with Gasteiger partial charge in [0.15, 0.2) is 0 Å². The van der Waals surface area contributed by atoms with E-state index < -0.39 is 5.41 Å². The largest absolute Gasteiger partial charge is 0.369 e. The van der Waals surface area contributed by atoms with E-state index in [9.17, 15) is 9.59 Å². The summed E-state index contributed by atoms with van der Waals surface area (Å²) in [5.74, 6) is 1.06. The number of aryl methyl sites for hydroxylation is 1. The first-order valence-corrected chi connectivity index (χ1v) is 15.7. The molecule has 0 bridgehead atoms. The van der Waals surface area contributed by atoms with E-state index in [1.165, 1.54) is 11.3 Å². The van der Waals surface area contributed by atoms with Crippen molar-refractivity contribution in [3.63, 3.8) is 0 Å². The van der Waals surface area contributed by atoms with Crippen molar-refractivity contribution in [3.8, 4) is 0 Å². The zero-order chi connectivity index (χ0) is 31.2. The minimum Gasteiger partial charge on any atom is -0.369 e. The fraction of sp³-hybridized carbons (Fsp3) is 0.455. The molecule has 0 spiro atoms. The summed E-state index contributed by atoms with van der Waals surface area (Å²) in [6.45, 7) is 13.3. The second-order valence-corrected chi connectivity index (χ2v) is 13.5. The maximum absolute atomic E-state index is 14.2. The Balaban J connectivity index is 1.30. The minimum atomic E-state index is -0.500. The van der Waals surface area contributed by atoms with Gasteiger partial charge in [0.05, 0.1) is 23.3 Å². The fourth-order valence-corrected chi connectivity index (χ4v) is 6.54. The molecule has 1 aromatic heterocycles. The monoisotopic (exact) mass is 616 g/mol. The number of piperazine rings is 1. The quantitative estimate of drug-likeness (QED) is 0.403. The van der Waals surface area contributed by atoms with Crippen LogP contribution in [0.4, 0.5) is 33.6 Å².